The first-order chi connectivity index (χ1) is 9.40. The lowest BCUT2D eigenvalue weighted by Gasteiger charge is -2.30. The molecule has 4 atom stereocenters. The summed E-state index contributed by atoms with van der Waals surface area (Å²) in [6.45, 7) is 8.87. The zero-order chi connectivity index (χ0) is 15.2. The molecule has 1 saturated heterocycles. The van der Waals surface area contributed by atoms with Gasteiger partial charge in [0.1, 0.15) is 0 Å². The lowest BCUT2D eigenvalue weighted by Crippen LogP contribution is -2.52. The van der Waals surface area contributed by atoms with Crippen LogP contribution in [0.4, 0.5) is 4.79 Å². The molecule has 20 heavy (non-hydrogen) atoms. The Morgan fingerprint density at radius 3 is 2.65 bits per heavy atom. The normalized spacial score (nSPS) is 24.8. The summed E-state index contributed by atoms with van der Waals surface area (Å²) in [5.41, 5.74) is -0.877. The van der Waals surface area contributed by atoms with Crippen molar-refractivity contribution in [1.82, 2.24) is 10.6 Å². The first-order valence-corrected chi connectivity index (χ1v) is 7.79. The standard InChI is InChI=1S/C15H30N2O3/c1-5-11(3)15(4,19)10-16-14(18)17-12(6-2)13-8-7-9-20-13/h11-13,19H,5-10H2,1-4H3,(H2,16,17,18). The molecule has 0 aromatic carbocycles. The van der Waals surface area contributed by atoms with Crippen LogP contribution in [-0.2, 0) is 4.74 Å². The van der Waals surface area contributed by atoms with Gasteiger partial charge < -0.3 is 20.5 Å². The van der Waals surface area contributed by atoms with E-state index in [4.69, 9.17) is 4.74 Å². The molecule has 1 aliphatic heterocycles. The quantitative estimate of drug-likeness (QED) is 0.671. The average molecular weight is 286 g/mol. The van der Waals surface area contributed by atoms with Crippen LogP contribution in [0.15, 0.2) is 0 Å². The predicted octanol–water partition coefficient (Wildman–Crippen LogP) is 2.04. The van der Waals surface area contributed by atoms with Crippen molar-refractivity contribution in [2.45, 2.75) is 71.1 Å². The van der Waals surface area contributed by atoms with Gasteiger partial charge in [0, 0.05) is 13.2 Å². The average Bonchev–Trinajstić information content (AvgIpc) is 2.95. The van der Waals surface area contributed by atoms with Crippen molar-refractivity contribution in [2.24, 2.45) is 5.92 Å². The summed E-state index contributed by atoms with van der Waals surface area (Å²) in [5.74, 6) is 0.142. The zero-order valence-corrected chi connectivity index (χ0v) is 13.2. The number of hydrogen-bond acceptors (Lipinski definition) is 3. The third-order valence-corrected chi connectivity index (χ3v) is 4.45. The number of urea groups is 1. The molecule has 1 aliphatic rings. The van der Waals surface area contributed by atoms with Crippen LogP contribution in [0.3, 0.4) is 0 Å². The van der Waals surface area contributed by atoms with Crippen LogP contribution in [-0.4, -0.2) is 42.0 Å². The van der Waals surface area contributed by atoms with Crippen LogP contribution in [0.5, 0.6) is 0 Å². The van der Waals surface area contributed by atoms with Gasteiger partial charge in [-0.15, -0.1) is 0 Å². The van der Waals surface area contributed by atoms with Gasteiger partial charge in [-0.25, -0.2) is 4.79 Å². The van der Waals surface area contributed by atoms with Crippen LogP contribution in [0.25, 0.3) is 0 Å². The summed E-state index contributed by atoms with van der Waals surface area (Å²) >= 11 is 0. The molecule has 1 rings (SSSR count). The van der Waals surface area contributed by atoms with Crippen LogP contribution in [0.2, 0.25) is 0 Å². The Kier molecular flexibility index (Phi) is 6.76. The van der Waals surface area contributed by atoms with E-state index in [0.717, 1.165) is 32.3 Å². The molecular weight excluding hydrogens is 256 g/mol. The maximum Gasteiger partial charge on any atom is 0.315 e. The number of hydrogen-bond donors (Lipinski definition) is 3. The number of carbonyl (C=O) groups excluding carboxylic acids is 1. The molecule has 0 spiro atoms. The number of ether oxygens (including phenoxy) is 1. The molecule has 0 aromatic rings. The fourth-order valence-corrected chi connectivity index (χ4v) is 2.47. The second-order valence-corrected chi connectivity index (χ2v) is 6.06. The monoisotopic (exact) mass is 286 g/mol. The van der Waals surface area contributed by atoms with Crippen molar-refractivity contribution in [3.05, 3.63) is 0 Å². The topological polar surface area (TPSA) is 70.6 Å². The second-order valence-electron chi connectivity index (χ2n) is 6.06. The number of aliphatic hydroxyl groups is 1. The highest BCUT2D eigenvalue weighted by Crippen LogP contribution is 2.19. The second kappa shape index (κ2) is 7.84. The molecule has 0 bridgehead atoms. The molecule has 5 nitrogen and oxygen atoms in total. The lowest BCUT2D eigenvalue weighted by molar-refractivity contribution is 0.00757. The molecule has 0 aliphatic carbocycles. The van der Waals surface area contributed by atoms with Gasteiger partial charge in [-0.2, -0.15) is 0 Å². The molecule has 1 heterocycles. The first kappa shape index (κ1) is 17.2. The molecular formula is C15H30N2O3. The van der Waals surface area contributed by atoms with E-state index >= 15 is 0 Å². The fourth-order valence-electron chi connectivity index (χ4n) is 2.47. The van der Waals surface area contributed by atoms with Crippen LogP contribution < -0.4 is 10.6 Å². The molecule has 5 heteroatoms. The molecule has 0 radical (unpaired) electrons. The smallest absolute Gasteiger partial charge is 0.315 e. The molecule has 3 N–H and O–H groups in total. The van der Waals surface area contributed by atoms with E-state index in [1.54, 1.807) is 6.92 Å². The summed E-state index contributed by atoms with van der Waals surface area (Å²) in [7, 11) is 0. The van der Waals surface area contributed by atoms with Gasteiger partial charge in [0.15, 0.2) is 0 Å². The summed E-state index contributed by atoms with van der Waals surface area (Å²) in [6.07, 6.45) is 3.92. The summed E-state index contributed by atoms with van der Waals surface area (Å²) in [6, 6.07) is -0.179. The van der Waals surface area contributed by atoms with E-state index in [1.165, 1.54) is 0 Å². The third-order valence-electron chi connectivity index (χ3n) is 4.45. The summed E-state index contributed by atoms with van der Waals surface area (Å²) in [4.78, 5) is 11.9. The van der Waals surface area contributed by atoms with Crippen molar-refractivity contribution in [3.8, 4) is 0 Å². The van der Waals surface area contributed by atoms with E-state index in [1.807, 2.05) is 20.8 Å². The Morgan fingerprint density at radius 2 is 2.15 bits per heavy atom. The van der Waals surface area contributed by atoms with Gasteiger partial charge in [-0.3, -0.25) is 0 Å². The van der Waals surface area contributed by atoms with Gasteiger partial charge >= 0.3 is 6.03 Å². The Morgan fingerprint density at radius 1 is 1.45 bits per heavy atom. The highest BCUT2D eigenvalue weighted by molar-refractivity contribution is 5.74. The lowest BCUT2D eigenvalue weighted by atomic mass is 9.89. The number of carbonyl (C=O) groups is 1. The van der Waals surface area contributed by atoms with Crippen molar-refractivity contribution in [1.29, 1.82) is 0 Å². The van der Waals surface area contributed by atoms with Gasteiger partial charge in [0.05, 0.1) is 17.7 Å². The van der Waals surface area contributed by atoms with Gasteiger partial charge in [-0.05, 0) is 32.1 Å². The molecule has 2 amide bonds. The van der Waals surface area contributed by atoms with Crippen molar-refractivity contribution < 1.29 is 14.6 Å². The Labute approximate surface area is 122 Å². The van der Waals surface area contributed by atoms with E-state index in [2.05, 4.69) is 10.6 Å². The predicted molar refractivity (Wildman–Crippen MR) is 79.7 cm³/mol. The minimum absolute atomic E-state index is 0.0473. The Hall–Kier alpha value is -0.810. The number of rotatable bonds is 7. The highest BCUT2D eigenvalue weighted by Gasteiger charge is 2.29. The van der Waals surface area contributed by atoms with Gasteiger partial charge in [-0.1, -0.05) is 27.2 Å². The van der Waals surface area contributed by atoms with Gasteiger partial charge in [0.25, 0.3) is 0 Å². The van der Waals surface area contributed by atoms with E-state index in [-0.39, 0.29) is 30.6 Å². The first-order valence-electron chi connectivity index (χ1n) is 7.79. The van der Waals surface area contributed by atoms with Crippen LogP contribution >= 0.6 is 0 Å². The molecule has 0 aromatic heterocycles. The summed E-state index contributed by atoms with van der Waals surface area (Å²) < 4.78 is 5.62. The van der Waals surface area contributed by atoms with Crippen molar-refractivity contribution in [3.63, 3.8) is 0 Å². The largest absolute Gasteiger partial charge is 0.388 e. The number of nitrogens with one attached hydrogen (secondary N) is 2. The van der Waals surface area contributed by atoms with Crippen LogP contribution in [0.1, 0.15) is 53.4 Å². The SMILES string of the molecule is CCC(NC(=O)NCC(C)(O)C(C)CC)C1CCCO1. The van der Waals surface area contributed by atoms with Crippen LogP contribution in [0, 0.1) is 5.92 Å². The molecule has 4 unspecified atom stereocenters. The zero-order valence-electron chi connectivity index (χ0n) is 13.2. The molecule has 0 saturated carbocycles. The van der Waals surface area contributed by atoms with E-state index < -0.39 is 5.60 Å². The third kappa shape index (κ3) is 4.94. The van der Waals surface area contributed by atoms with Gasteiger partial charge in [0.2, 0.25) is 0 Å². The molecule has 118 valence electrons. The minimum Gasteiger partial charge on any atom is -0.388 e. The Balaban J connectivity index is 2.38. The fraction of sp³-hybridized carbons (Fsp3) is 0.933. The van der Waals surface area contributed by atoms with E-state index in [9.17, 15) is 9.90 Å². The maximum atomic E-state index is 11.9. The highest BCUT2D eigenvalue weighted by atomic mass is 16.5. The molecule has 1 fully saturated rings. The van der Waals surface area contributed by atoms with Crippen molar-refractivity contribution >= 4 is 6.03 Å². The van der Waals surface area contributed by atoms with Crippen molar-refractivity contribution in [2.75, 3.05) is 13.2 Å². The summed E-state index contributed by atoms with van der Waals surface area (Å²) in [5, 5.41) is 16.0. The number of amides is 2. The Bertz CT molecular complexity index is 301. The minimum atomic E-state index is -0.877. The van der Waals surface area contributed by atoms with E-state index in [0.29, 0.717) is 0 Å². The maximum absolute atomic E-state index is 11.9.